The first kappa shape index (κ1) is 10.4. The molecule has 0 fully saturated rings. The first-order valence-electron chi connectivity index (χ1n) is 5.42. The molecule has 0 amide bonds. The van der Waals surface area contributed by atoms with Gasteiger partial charge in [-0.25, -0.2) is 9.97 Å². The van der Waals surface area contributed by atoms with Crippen LogP contribution >= 0.6 is 0 Å². The summed E-state index contributed by atoms with van der Waals surface area (Å²) in [6.45, 7) is 0. The largest absolute Gasteiger partial charge is 0.326 e. The van der Waals surface area contributed by atoms with Crippen LogP contribution in [0.15, 0.2) is 36.8 Å². The van der Waals surface area contributed by atoms with Crippen molar-refractivity contribution in [3.05, 3.63) is 42.4 Å². The van der Waals surface area contributed by atoms with Crippen LogP contribution in [0.2, 0.25) is 0 Å². The fraction of sp³-hybridized carbons (Fsp3) is 0.0769. The van der Waals surface area contributed by atoms with Gasteiger partial charge in [-0.15, -0.1) is 0 Å². The highest BCUT2D eigenvalue weighted by atomic mass is 15.1. The summed E-state index contributed by atoms with van der Waals surface area (Å²) in [7, 11) is 1.90. The number of hydrogen-bond donors (Lipinski definition) is 0. The molecule has 18 heavy (non-hydrogen) atoms. The molecule has 0 bridgehead atoms. The molecule has 1 aromatic carbocycles. The lowest BCUT2D eigenvalue weighted by Crippen LogP contribution is -1.94. The van der Waals surface area contributed by atoms with Crippen LogP contribution in [0.25, 0.3) is 22.6 Å². The zero-order chi connectivity index (χ0) is 12.5. The van der Waals surface area contributed by atoms with Gasteiger partial charge in [-0.05, 0) is 18.2 Å². The van der Waals surface area contributed by atoms with Gasteiger partial charge in [-0.2, -0.15) is 5.26 Å². The zero-order valence-electron chi connectivity index (χ0n) is 9.70. The van der Waals surface area contributed by atoms with Crippen molar-refractivity contribution in [2.75, 3.05) is 0 Å². The molecule has 0 saturated carbocycles. The Morgan fingerprint density at radius 1 is 1.28 bits per heavy atom. The van der Waals surface area contributed by atoms with E-state index >= 15 is 0 Å². The highest BCUT2D eigenvalue weighted by Gasteiger charge is 2.11. The summed E-state index contributed by atoms with van der Waals surface area (Å²) in [4.78, 5) is 12.8. The fourth-order valence-corrected chi connectivity index (χ4v) is 1.90. The average molecular weight is 235 g/mol. The maximum atomic E-state index is 8.91. The van der Waals surface area contributed by atoms with E-state index in [9.17, 15) is 0 Å². The quantitative estimate of drug-likeness (QED) is 0.646. The van der Waals surface area contributed by atoms with E-state index in [2.05, 4.69) is 21.0 Å². The molecule has 0 saturated heterocycles. The summed E-state index contributed by atoms with van der Waals surface area (Å²) in [5.41, 5.74) is 3.10. The summed E-state index contributed by atoms with van der Waals surface area (Å²) >= 11 is 0. The predicted octanol–water partition coefficient (Wildman–Crippen LogP) is 1.90. The Kier molecular flexibility index (Phi) is 2.27. The van der Waals surface area contributed by atoms with Crippen LogP contribution < -0.4 is 0 Å². The van der Waals surface area contributed by atoms with E-state index in [1.165, 1.54) is 0 Å². The molecule has 0 atom stereocenters. The van der Waals surface area contributed by atoms with Crippen molar-refractivity contribution in [1.82, 2.24) is 19.5 Å². The Morgan fingerprint density at radius 3 is 2.89 bits per heavy atom. The molecule has 86 valence electrons. The van der Waals surface area contributed by atoms with Gasteiger partial charge in [-0.1, -0.05) is 0 Å². The highest BCUT2D eigenvalue weighted by molar-refractivity contribution is 5.81. The minimum absolute atomic E-state index is 0.621. The number of aromatic nitrogens is 4. The van der Waals surface area contributed by atoms with Crippen LogP contribution in [-0.4, -0.2) is 19.5 Å². The molecule has 5 heteroatoms. The number of nitrogens with zero attached hydrogens (tertiary/aromatic N) is 5. The van der Waals surface area contributed by atoms with Crippen LogP contribution in [0, 0.1) is 11.3 Å². The van der Waals surface area contributed by atoms with Gasteiger partial charge < -0.3 is 4.57 Å². The van der Waals surface area contributed by atoms with E-state index in [4.69, 9.17) is 5.26 Å². The van der Waals surface area contributed by atoms with E-state index in [1.54, 1.807) is 24.7 Å². The van der Waals surface area contributed by atoms with Crippen molar-refractivity contribution >= 4 is 11.0 Å². The standard InChI is InChI=1S/C13H9N5/c1-18-12-6-9(7-14)2-3-10(12)17-13(18)11-8-15-4-5-16-11/h2-6,8H,1H3. The molecule has 0 spiro atoms. The molecule has 5 nitrogen and oxygen atoms in total. The zero-order valence-corrected chi connectivity index (χ0v) is 9.70. The molecule has 0 radical (unpaired) electrons. The third-order valence-electron chi connectivity index (χ3n) is 2.80. The Bertz CT molecular complexity index is 752. The third kappa shape index (κ3) is 1.52. The molecule has 3 aromatic rings. The second-order valence-electron chi connectivity index (χ2n) is 3.90. The smallest absolute Gasteiger partial charge is 0.161 e. The summed E-state index contributed by atoms with van der Waals surface area (Å²) in [6.07, 6.45) is 4.93. The second-order valence-corrected chi connectivity index (χ2v) is 3.90. The van der Waals surface area contributed by atoms with Crippen LogP contribution in [0.3, 0.4) is 0 Å². The van der Waals surface area contributed by atoms with E-state index in [0.29, 0.717) is 5.56 Å². The van der Waals surface area contributed by atoms with Gasteiger partial charge in [0.1, 0.15) is 5.69 Å². The van der Waals surface area contributed by atoms with Crippen LogP contribution in [0.1, 0.15) is 5.56 Å². The highest BCUT2D eigenvalue weighted by Crippen LogP contribution is 2.22. The normalized spacial score (nSPS) is 10.4. The van der Waals surface area contributed by atoms with E-state index in [1.807, 2.05) is 23.7 Å². The number of hydrogen-bond acceptors (Lipinski definition) is 4. The van der Waals surface area contributed by atoms with Crippen molar-refractivity contribution in [3.8, 4) is 17.6 Å². The van der Waals surface area contributed by atoms with Crippen LogP contribution in [-0.2, 0) is 7.05 Å². The average Bonchev–Trinajstić information content (AvgIpc) is 2.77. The van der Waals surface area contributed by atoms with Gasteiger partial charge in [0.25, 0.3) is 0 Å². The predicted molar refractivity (Wildman–Crippen MR) is 66.5 cm³/mol. The van der Waals surface area contributed by atoms with Crippen molar-refractivity contribution in [3.63, 3.8) is 0 Å². The molecule has 0 aliphatic heterocycles. The lowest BCUT2D eigenvalue weighted by Gasteiger charge is -2.00. The summed E-state index contributed by atoms with van der Waals surface area (Å²) in [5, 5.41) is 8.91. The lowest BCUT2D eigenvalue weighted by molar-refractivity contribution is 0.946. The summed E-state index contributed by atoms with van der Waals surface area (Å²) in [6, 6.07) is 7.55. The monoisotopic (exact) mass is 235 g/mol. The fourth-order valence-electron chi connectivity index (χ4n) is 1.90. The number of aryl methyl sites for hydroxylation is 1. The molecular formula is C13H9N5. The lowest BCUT2D eigenvalue weighted by atomic mass is 10.2. The minimum atomic E-state index is 0.621. The Hall–Kier alpha value is -2.74. The molecule has 0 unspecified atom stereocenters. The van der Waals surface area contributed by atoms with Gasteiger partial charge in [0.2, 0.25) is 0 Å². The van der Waals surface area contributed by atoms with E-state index < -0.39 is 0 Å². The Morgan fingerprint density at radius 2 is 2.17 bits per heavy atom. The molecule has 0 N–H and O–H groups in total. The van der Waals surface area contributed by atoms with Crippen molar-refractivity contribution in [2.24, 2.45) is 7.05 Å². The number of imidazole rings is 1. The number of nitriles is 1. The Balaban J connectivity index is 2.27. The van der Waals surface area contributed by atoms with Gasteiger partial charge in [-0.3, -0.25) is 4.98 Å². The van der Waals surface area contributed by atoms with Crippen molar-refractivity contribution in [2.45, 2.75) is 0 Å². The molecule has 0 aliphatic rings. The van der Waals surface area contributed by atoms with Crippen LogP contribution in [0.5, 0.6) is 0 Å². The summed E-state index contributed by atoms with van der Waals surface area (Å²) < 4.78 is 1.92. The number of rotatable bonds is 1. The Labute approximate surface area is 103 Å². The first-order valence-corrected chi connectivity index (χ1v) is 5.42. The number of benzene rings is 1. The van der Waals surface area contributed by atoms with E-state index in [0.717, 1.165) is 22.6 Å². The molecule has 3 rings (SSSR count). The van der Waals surface area contributed by atoms with E-state index in [-0.39, 0.29) is 0 Å². The van der Waals surface area contributed by atoms with Crippen molar-refractivity contribution < 1.29 is 0 Å². The maximum Gasteiger partial charge on any atom is 0.161 e. The topological polar surface area (TPSA) is 67.4 Å². The van der Waals surface area contributed by atoms with Crippen LogP contribution in [0.4, 0.5) is 0 Å². The third-order valence-corrected chi connectivity index (χ3v) is 2.80. The molecule has 0 aliphatic carbocycles. The van der Waals surface area contributed by atoms with Gasteiger partial charge in [0.15, 0.2) is 5.82 Å². The second kappa shape index (κ2) is 3.93. The first-order chi connectivity index (χ1) is 8.79. The molecule has 2 aromatic heterocycles. The SMILES string of the molecule is Cn1c(-c2cnccn2)nc2ccc(C#N)cc21. The molecule has 2 heterocycles. The molecular weight excluding hydrogens is 226 g/mol. The summed E-state index contributed by atoms with van der Waals surface area (Å²) in [5.74, 6) is 0.744. The van der Waals surface area contributed by atoms with Crippen molar-refractivity contribution in [1.29, 1.82) is 5.26 Å². The van der Waals surface area contributed by atoms with Gasteiger partial charge >= 0.3 is 0 Å². The minimum Gasteiger partial charge on any atom is -0.326 e. The van der Waals surface area contributed by atoms with Gasteiger partial charge in [0, 0.05) is 19.4 Å². The maximum absolute atomic E-state index is 8.91. The van der Waals surface area contributed by atoms with Gasteiger partial charge in [0.05, 0.1) is 28.9 Å². The number of fused-ring (bicyclic) bond motifs is 1.